The van der Waals surface area contributed by atoms with Crippen molar-refractivity contribution in [1.82, 2.24) is 9.88 Å². The summed E-state index contributed by atoms with van der Waals surface area (Å²) in [6, 6.07) is 23.2. The van der Waals surface area contributed by atoms with Gasteiger partial charge in [-0.1, -0.05) is 72.3 Å². The predicted molar refractivity (Wildman–Crippen MR) is 134 cm³/mol. The van der Waals surface area contributed by atoms with Crippen molar-refractivity contribution in [3.63, 3.8) is 0 Å². The van der Waals surface area contributed by atoms with Gasteiger partial charge in [0, 0.05) is 33.6 Å². The third kappa shape index (κ3) is 3.03. The fourth-order valence-electron chi connectivity index (χ4n) is 5.43. The Morgan fingerprint density at radius 3 is 2.55 bits per heavy atom. The summed E-state index contributed by atoms with van der Waals surface area (Å²) < 4.78 is 5.59. The normalized spacial score (nSPS) is 21.9. The average Bonchev–Trinajstić information content (AvgIpc) is 3.33. The Morgan fingerprint density at radius 1 is 1.03 bits per heavy atom. The highest BCUT2D eigenvalue weighted by Crippen LogP contribution is 2.48. The van der Waals surface area contributed by atoms with Crippen LogP contribution in [0.15, 0.2) is 72.8 Å². The zero-order valence-electron chi connectivity index (χ0n) is 17.9. The van der Waals surface area contributed by atoms with Gasteiger partial charge in [0.25, 0.3) is 0 Å². The Bertz CT molecular complexity index is 1410. The van der Waals surface area contributed by atoms with Crippen molar-refractivity contribution in [2.75, 3.05) is 7.11 Å². The molecule has 1 aromatic heterocycles. The van der Waals surface area contributed by atoms with Crippen molar-refractivity contribution in [3.05, 3.63) is 100 Å². The average molecular weight is 473 g/mol. The first-order valence-corrected chi connectivity index (χ1v) is 11.7. The van der Waals surface area contributed by atoms with Crippen LogP contribution in [0.2, 0.25) is 5.02 Å². The number of benzene rings is 3. The number of aromatic nitrogens is 1. The molecule has 0 radical (unpaired) electrons. The zero-order chi connectivity index (χ0) is 22.7. The van der Waals surface area contributed by atoms with Gasteiger partial charge in [-0.2, -0.15) is 0 Å². The number of hydrogen-bond donors (Lipinski definition) is 1. The number of halogens is 1. The summed E-state index contributed by atoms with van der Waals surface area (Å²) in [5.41, 5.74) is 5.22. The lowest BCUT2D eigenvalue weighted by Crippen LogP contribution is -2.43. The second-order valence-electron chi connectivity index (χ2n) is 8.56. The number of rotatable bonds is 3. The number of para-hydroxylation sites is 2. The van der Waals surface area contributed by atoms with Crippen molar-refractivity contribution in [2.24, 2.45) is 0 Å². The van der Waals surface area contributed by atoms with Gasteiger partial charge in [0.15, 0.2) is 5.78 Å². The number of methoxy groups -OCH3 is 1. The third-order valence-corrected chi connectivity index (χ3v) is 7.58. The number of carbonyl (C=O) groups is 1. The van der Waals surface area contributed by atoms with Crippen LogP contribution < -0.4 is 4.74 Å². The zero-order valence-corrected chi connectivity index (χ0v) is 19.5. The number of ether oxygens (including phenoxy) is 1. The SMILES string of the molecule is COc1ccccc1[C@@H]1C(=O)[C@H]2Cc3c([nH]c4ccccc34)[C@@H](c3ccc(Cl)cc3)N2C1=S. The summed E-state index contributed by atoms with van der Waals surface area (Å²) in [5, 5.41) is 1.83. The van der Waals surface area contributed by atoms with E-state index < -0.39 is 5.92 Å². The number of aromatic amines is 1. The second-order valence-corrected chi connectivity index (χ2v) is 9.41. The molecule has 3 heterocycles. The first kappa shape index (κ1) is 20.5. The third-order valence-electron chi connectivity index (χ3n) is 6.88. The maximum Gasteiger partial charge on any atom is 0.169 e. The maximum absolute atomic E-state index is 13.9. The first-order chi connectivity index (χ1) is 16.1. The number of carbonyl (C=O) groups excluding carboxylic acids is 1. The monoisotopic (exact) mass is 472 g/mol. The lowest BCUT2D eigenvalue weighted by Gasteiger charge is -2.38. The molecule has 2 aliphatic heterocycles. The number of H-pyrrole nitrogens is 1. The summed E-state index contributed by atoms with van der Waals surface area (Å²) in [4.78, 5) is 20.3. The minimum absolute atomic E-state index is 0.124. The van der Waals surface area contributed by atoms with Gasteiger partial charge >= 0.3 is 0 Å². The van der Waals surface area contributed by atoms with Crippen LogP contribution in [0.5, 0.6) is 5.75 Å². The highest BCUT2D eigenvalue weighted by atomic mass is 35.5. The van der Waals surface area contributed by atoms with Crippen molar-refractivity contribution in [1.29, 1.82) is 0 Å². The molecule has 1 fully saturated rings. The molecule has 4 nitrogen and oxygen atoms in total. The van der Waals surface area contributed by atoms with Crippen LogP contribution in [-0.2, 0) is 11.2 Å². The predicted octanol–water partition coefficient (Wildman–Crippen LogP) is 5.84. The molecule has 0 saturated carbocycles. The molecule has 6 rings (SSSR count). The van der Waals surface area contributed by atoms with Crippen LogP contribution in [0.3, 0.4) is 0 Å². The maximum atomic E-state index is 13.9. The number of fused-ring (bicyclic) bond motifs is 4. The Morgan fingerprint density at radius 2 is 1.76 bits per heavy atom. The number of thiocarbonyl (C=S) groups is 1. The van der Waals surface area contributed by atoms with E-state index in [-0.39, 0.29) is 17.9 Å². The van der Waals surface area contributed by atoms with E-state index in [1.807, 2.05) is 60.7 Å². The summed E-state index contributed by atoms with van der Waals surface area (Å²) in [7, 11) is 1.63. The molecule has 164 valence electrons. The lowest BCUT2D eigenvalue weighted by atomic mass is 9.87. The van der Waals surface area contributed by atoms with Crippen LogP contribution in [0.25, 0.3) is 10.9 Å². The largest absolute Gasteiger partial charge is 0.496 e. The molecular formula is C27H21ClN2O2S. The van der Waals surface area contributed by atoms with Gasteiger partial charge in [0.05, 0.1) is 30.1 Å². The lowest BCUT2D eigenvalue weighted by molar-refractivity contribution is -0.121. The van der Waals surface area contributed by atoms with Gasteiger partial charge in [-0.3, -0.25) is 4.79 Å². The molecular weight excluding hydrogens is 452 g/mol. The van der Waals surface area contributed by atoms with E-state index in [1.165, 1.54) is 5.56 Å². The highest BCUT2D eigenvalue weighted by molar-refractivity contribution is 7.80. The molecule has 0 aliphatic carbocycles. The molecule has 0 spiro atoms. The smallest absolute Gasteiger partial charge is 0.169 e. The summed E-state index contributed by atoms with van der Waals surface area (Å²) in [6.45, 7) is 0. The molecule has 2 aliphatic rings. The molecule has 1 N–H and O–H groups in total. The van der Waals surface area contributed by atoms with Gasteiger partial charge in [-0.05, 0) is 35.4 Å². The van der Waals surface area contributed by atoms with E-state index in [0.717, 1.165) is 27.7 Å². The van der Waals surface area contributed by atoms with Crippen molar-refractivity contribution in [2.45, 2.75) is 24.4 Å². The van der Waals surface area contributed by atoms with Gasteiger partial charge in [0.2, 0.25) is 0 Å². The van der Waals surface area contributed by atoms with Gasteiger partial charge < -0.3 is 14.6 Å². The molecule has 1 saturated heterocycles. The van der Waals surface area contributed by atoms with Crippen LogP contribution in [-0.4, -0.2) is 33.8 Å². The molecule has 6 heteroatoms. The topological polar surface area (TPSA) is 45.3 Å². The number of ketones is 1. The highest BCUT2D eigenvalue weighted by Gasteiger charge is 2.52. The molecule has 0 bridgehead atoms. The van der Waals surface area contributed by atoms with Crippen molar-refractivity contribution < 1.29 is 9.53 Å². The summed E-state index contributed by atoms with van der Waals surface area (Å²) in [6.07, 6.45) is 0.619. The Kier molecular flexibility index (Phi) is 4.78. The molecule has 0 amide bonds. The van der Waals surface area contributed by atoms with E-state index in [0.29, 0.717) is 22.2 Å². The fraction of sp³-hybridized carbons (Fsp3) is 0.185. The van der Waals surface area contributed by atoms with E-state index >= 15 is 0 Å². The van der Waals surface area contributed by atoms with E-state index in [2.05, 4.69) is 22.0 Å². The minimum atomic E-state index is -0.508. The number of nitrogens with zero attached hydrogens (tertiary/aromatic N) is 1. The van der Waals surface area contributed by atoms with Gasteiger partial charge in [-0.15, -0.1) is 0 Å². The minimum Gasteiger partial charge on any atom is -0.496 e. The van der Waals surface area contributed by atoms with E-state index in [1.54, 1.807) is 7.11 Å². The van der Waals surface area contributed by atoms with Gasteiger partial charge in [-0.25, -0.2) is 0 Å². The van der Waals surface area contributed by atoms with Gasteiger partial charge in [0.1, 0.15) is 5.75 Å². The first-order valence-electron chi connectivity index (χ1n) is 10.9. The number of nitrogens with one attached hydrogen (secondary N) is 1. The van der Waals surface area contributed by atoms with E-state index in [9.17, 15) is 4.79 Å². The number of Topliss-reactive ketones (excluding diaryl/α,β-unsaturated/α-hetero) is 1. The number of hydrogen-bond acceptors (Lipinski definition) is 3. The molecule has 33 heavy (non-hydrogen) atoms. The molecule has 3 atom stereocenters. The van der Waals surface area contributed by atoms with Crippen LogP contribution >= 0.6 is 23.8 Å². The Hall–Kier alpha value is -3.15. The summed E-state index contributed by atoms with van der Waals surface area (Å²) >= 11 is 12.2. The van der Waals surface area contributed by atoms with E-state index in [4.69, 9.17) is 28.6 Å². The summed E-state index contributed by atoms with van der Waals surface area (Å²) in [5.74, 6) is 0.302. The molecule has 3 aromatic carbocycles. The van der Waals surface area contributed by atoms with Crippen LogP contribution in [0, 0.1) is 0 Å². The molecule has 4 aromatic rings. The van der Waals surface area contributed by atoms with Crippen LogP contribution in [0.4, 0.5) is 0 Å². The van der Waals surface area contributed by atoms with Crippen molar-refractivity contribution in [3.8, 4) is 5.75 Å². The quantitative estimate of drug-likeness (QED) is 0.380. The Labute approximate surface area is 202 Å². The standard InChI is InChI=1S/C27H21ClN2O2S/c1-32-22-9-5-3-7-18(22)23-26(31)21-14-19-17-6-2-4-8-20(17)29-24(19)25(30(21)27(23)33)15-10-12-16(28)13-11-15/h2-13,21,23,25,29H,14H2,1H3/t21-,23-,25-/m1/s1. The molecule has 0 unspecified atom stereocenters. The van der Waals surface area contributed by atoms with Crippen LogP contribution in [0.1, 0.15) is 34.3 Å². The Balaban J connectivity index is 1.55. The second kappa shape index (κ2) is 7.72. The fourth-order valence-corrected chi connectivity index (χ4v) is 6.03. The van der Waals surface area contributed by atoms with Crippen molar-refractivity contribution >= 4 is 45.5 Å².